The molecule has 1 amide bonds. The molecular formula is C8H10N2O3. The Labute approximate surface area is 75.4 Å². The number of carbonyl (C=O) groups is 1. The topological polar surface area (TPSA) is 71.5 Å². The van der Waals surface area contributed by atoms with E-state index in [1.807, 2.05) is 0 Å². The zero-order chi connectivity index (χ0) is 9.84. The largest absolute Gasteiger partial charge is 0.481 e. The van der Waals surface area contributed by atoms with Gasteiger partial charge >= 0.3 is 6.09 Å². The molecule has 0 aliphatic heterocycles. The monoisotopic (exact) mass is 182 g/mol. The van der Waals surface area contributed by atoms with E-state index in [4.69, 9.17) is 9.84 Å². The number of nitrogens with zero attached hydrogens (tertiary/aromatic N) is 1. The van der Waals surface area contributed by atoms with Crippen LogP contribution in [0, 0.1) is 6.92 Å². The van der Waals surface area contributed by atoms with Crippen molar-refractivity contribution in [3.8, 4) is 5.88 Å². The number of pyridine rings is 1. The van der Waals surface area contributed by atoms with Gasteiger partial charge in [0.25, 0.3) is 0 Å². The molecule has 0 saturated heterocycles. The highest BCUT2D eigenvalue weighted by molar-refractivity contribution is 5.83. The van der Waals surface area contributed by atoms with E-state index in [0.29, 0.717) is 11.6 Å². The van der Waals surface area contributed by atoms with Crippen LogP contribution >= 0.6 is 0 Å². The Balaban J connectivity index is 2.91. The summed E-state index contributed by atoms with van der Waals surface area (Å²) in [6.45, 7) is 1.77. The predicted octanol–water partition coefficient (Wildman–Crippen LogP) is 1.49. The molecule has 0 aliphatic rings. The highest BCUT2D eigenvalue weighted by atomic mass is 16.5. The Morgan fingerprint density at radius 1 is 1.69 bits per heavy atom. The van der Waals surface area contributed by atoms with Crippen molar-refractivity contribution in [1.82, 2.24) is 4.98 Å². The number of aromatic nitrogens is 1. The van der Waals surface area contributed by atoms with Crippen molar-refractivity contribution in [3.63, 3.8) is 0 Å². The van der Waals surface area contributed by atoms with Gasteiger partial charge in [-0.2, -0.15) is 0 Å². The quantitative estimate of drug-likeness (QED) is 0.726. The molecule has 1 rings (SSSR count). The van der Waals surface area contributed by atoms with Crippen LogP contribution in [-0.2, 0) is 0 Å². The van der Waals surface area contributed by atoms with Gasteiger partial charge < -0.3 is 9.84 Å². The first-order chi connectivity index (χ1) is 6.13. The minimum Gasteiger partial charge on any atom is -0.481 e. The average molecular weight is 182 g/mol. The number of hydrogen-bond donors (Lipinski definition) is 2. The number of hydrogen-bond acceptors (Lipinski definition) is 3. The molecule has 70 valence electrons. The van der Waals surface area contributed by atoms with Crippen LogP contribution in [0.3, 0.4) is 0 Å². The Hall–Kier alpha value is -1.78. The molecule has 5 nitrogen and oxygen atoms in total. The van der Waals surface area contributed by atoms with E-state index in [1.54, 1.807) is 13.0 Å². The molecule has 0 saturated carbocycles. The minimum absolute atomic E-state index is 0.466. The van der Waals surface area contributed by atoms with Crippen LogP contribution in [0.1, 0.15) is 5.56 Å². The zero-order valence-corrected chi connectivity index (χ0v) is 7.37. The standard InChI is InChI=1S/C8H10N2O3/c1-5-3-7(13-2)9-4-6(5)10-8(11)12/h3-4,10H,1-2H3,(H,11,12). The van der Waals surface area contributed by atoms with Crippen LogP contribution < -0.4 is 10.1 Å². The number of rotatable bonds is 2. The lowest BCUT2D eigenvalue weighted by Gasteiger charge is -2.05. The highest BCUT2D eigenvalue weighted by Crippen LogP contribution is 2.17. The summed E-state index contributed by atoms with van der Waals surface area (Å²) in [7, 11) is 1.51. The highest BCUT2D eigenvalue weighted by Gasteiger charge is 2.03. The number of ether oxygens (including phenoxy) is 1. The summed E-state index contributed by atoms with van der Waals surface area (Å²) in [6, 6.07) is 1.66. The third-order valence-electron chi connectivity index (χ3n) is 1.54. The molecule has 0 radical (unpaired) electrons. The molecule has 2 N–H and O–H groups in total. The van der Waals surface area contributed by atoms with E-state index >= 15 is 0 Å². The number of anilines is 1. The van der Waals surface area contributed by atoms with Crippen LogP contribution in [0.25, 0.3) is 0 Å². The minimum atomic E-state index is -1.10. The molecule has 0 fully saturated rings. The van der Waals surface area contributed by atoms with Crippen molar-refractivity contribution in [3.05, 3.63) is 17.8 Å². The Bertz CT molecular complexity index is 325. The predicted molar refractivity (Wildman–Crippen MR) is 47.2 cm³/mol. The first kappa shape index (κ1) is 9.31. The van der Waals surface area contributed by atoms with Gasteiger partial charge in [-0.3, -0.25) is 5.32 Å². The first-order valence-electron chi connectivity index (χ1n) is 3.64. The second-order valence-corrected chi connectivity index (χ2v) is 2.47. The zero-order valence-electron chi connectivity index (χ0n) is 7.37. The lowest BCUT2D eigenvalue weighted by atomic mass is 10.2. The fourth-order valence-corrected chi connectivity index (χ4v) is 0.888. The molecule has 1 aromatic rings. The molecule has 0 spiro atoms. The van der Waals surface area contributed by atoms with Crippen molar-refractivity contribution in [1.29, 1.82) is 0 Å². The number of carboxylic acid groups (broad SMARTS) is 1. The summed E-state index contributed by atoms with van der Waals surface area (Å²) in [5, 5.41) is 10.7. The molecule has 0 bridgehead atoms. The number of methoxy groups -OCH3 is 1. The third kappa shape index (κ3) is 2.33. The smallest absolute Gasteiger partial charge is 0.409 e. The third-order valence-corrected chi connectivity index (χ3v) is 1.54. The van der Waals surface area contributed by atoms with Crippen LogP contribution in [0.4, 0.5) is 10.5 Å². The number of aryl methyl sites for hydroxylation is 1. The van der Waals surface area contributed by atoms with Crippen LogP contribution in [0.15, 0.2) is 12.3 Å². The Kier molecular flexibility index (Phi) is 2.69. The summed E-state index contributed by atoms with van der Waals surface area (Å²) >= 11 is 0. The maximum Gasteiger partial charge on any atom is 0.409 e. The van der Waals surface area contributed by atoms with E-state index in [-0.39, 0.29) is 0 Å². The van der Waals surface area contributed by atoms with Gasteiger partial charge in [0.2, 0.25) is 5.88 Å². The van der Waals surface area contributed by atoms with Gasteiger partial charge in [-0.15, -0.1) is 0 Å². The van der Waals surface area contributed by atoms with Crippen LogP contribution in [0.5, 0.6) is 5.88 Å². The van der Waals surface area contributed by atoms with Crippen LogP contribution in [0.2, 0.25) is 0 Å². The fourth-order valence-electron chi connectivity index (χ4n) is 0.888. The number of amides is 1. The van der Waals surface area contributed by atoms with Crippen molar-refractivity contribution >= 4 is 11.8 Å². The van der Waals surface area contributed by atoms with Crippen molar-refractivity contribution < 1.29 is 14.6 Å². The maximum absolute atomic E-state index is 10.3. The van der Waals surface area contributed by atoms with Gasteiger partial charge in [-0.25, -0.2) is 9.78 Å². The van der Waals surface area contributed by atoms with E-state index in [9.17, 15) is 4.79 Å². The molecule has 0 aromatic carbocycles. The summed E-state index contributed by atoms with van der Waals surface area (Å²) in [5.74, 6) is 0.466. The second kappa shape index (κ2) is 3.75. The van der Waals surface area contributed by atoms with Gasteiger partial charge in [0, 0.05) is 6.07 Å². The normalized spacial score (nSPS) is 9.38. The van der Waals surface area contributed by atoms with E-state index in [2.05, 4.69) is 10.3 Å². The Morgan fingerprint density at radius 2 is 2.38 bits per heavy atom. The summed E-state index contributed by atoms with van der Waals surface area (Å²) in [5.41, 5.74) is 1.24. The van der Waals surface area contributed by atoms with Crippen molar-refractivity contribution in [2.75, 3.05) is 12.4 Å². The molecular weight excluding hydrogens is 172 g/mol. The summed E-state index contributed by atoms with van der Waals surface area (Å²) in [6.07, 6.45) is 0.317. The molecule has 5 heteroatoms. The summed E-state index contributed by atoms with van der Waals surface area (Å²) < 4.78 is 4.87. The molecule has 1 aromatic heterocycles. The molecule has 0 aliphatic carbocycles. The van der Waals surface area contributed by atoms with Crippen molar-refractivity contribution in [2.45, 2.75) is 6.92 Å². The van der Waals surface area contributed by atoms with Crippen molar-refractivity contribution in [2.24, 2.45) is 0 Å². The van der Waals surface area contributed by atoms with E-state index in [0.717, 1.165) is 5.56 Å². The van der Waals surface area contributed by atoms with E-state index < -0.39 is 6.09 Å². The lowest BCUT2D eigenvalue weighted by Crippen LogP contribution is -2.08. The SMILES string of the molecule is COc1cc(C)c(NC(=O)O)cn1. The first-order valence-corrected chi connectivity index (χ1v) is 3.64. The molecule has 13 heavy (non-hydrogen) atoms. The molecule has 1 heterocycles. The van der Waals surface area contributed by atoms with Gasteiger partial charge in [0.1, 0.15) is 0 Å². The average Bonchev–Trinajstić information content (AvgIpc) is 2.08. The number of nitrogens with one attached hydrogen (secondary N) is 1. The second-order valence-electron chi connectivity index (χ2n) is 2.47. The van der Waals surface area contributed by atoms with Crippen LogP contribution in [-0.4, -0.2) is 23.3 Å². The Morgan fingerprint density at radius 3 is 2.85 bits per heavy atom. The lowest BCUT2D eigenvalue weighted by molar-refractivity contribution is 0.209. The van der Waals surface area contributed by atoms with Gasteiger partial charge in [-0.1, -0.05) is 0 Å². The van der Waals surface area contributed by atoms with Gasteiger partial charge in [-0.05, 0) is 12.5 Å². The maximum atomic E-state index is 10.3. The van der Waals surface area contributed by atoms with Gasteiger partial charge in [0.15, 0.2) is 0 Å². The molecule has 0 atom stereocenters. The summed E-state index contributed by atoms with van der Waals surface area (Å²) in [4.78, 5) is 14.2. The molecule has 0 unspecified atom stereocenters. The van der Waals surface area contributed by atoms with E-state index in [1.165, 1.54) is 13.3 Å². The van der Waals surface area contributed by atoms with Gasteiger partial charge in [0.05, 0.1) is 19.0 Å². The fraction of sp³-hybridized carbons (Fsp3) is 0.250.